The van der Waals surface area contributed by atoms with Crippen LogP contribution in [0.25, 0.3) is 286 Å². The summed E-state index contributed by atoms with van der Waals surface area (Å²) in [6.07, 6.45) is 7.68. The first-order valence-corrected chi connectivity index (χ1v) is 49.5. The first kappa shape index (κ1) is 85.6. The Morgan fingerprint density at radius 1 is 0.123 bits per heavy atom. The van der Waals surface area contributed by atoms with Crippen molar-refractivity contribution in [2.24, 2.45) is 0 Å². The van der Waals surface area contributed by atoms with Crippen molar-refractivity contribution in [1.82, 2.24) is 39.9 Å². The van der Waals surface area contributed by atoms with Gasteiger partial charge >= 0.3 is 0 Å². The predicted octanol–water partition coefficient (Wildman–Crippen LogP) is 36.4. The third-order valence-corrected chi connectivity index (χ3v) is 28.9. The van der Waals surface area contributed by atoms with Crippen molar-refractivity contribution in [2.45, 2.75) is 0 Å². The minimum atomic E-state index is 0.689. The van der Waals surface area contributed by atoms with Crippen molar-refractivity contribution >= 4 is 151 Å². The van der Waals surface area contributed by atoms with Crippen molar-refractivity contribution in [2.75, 3.05) is 0 Å². The van der Waals surface area contributed by atoms with Gasteiger partial charge in [0.15, 0.2) is 11.6 Å². The van der Waals surface area contributed by atoms with Gasteiger partial charge in [-0.05, 0) is 260 Å². The molecule has 0 N–H and O–H groups in total. The van der Waals surface area contributed by atoms with E-state index in [9.17, 15) is 0 Å². The highest BCUT2D eigenvalue weighted by atomic mass is 14.9. The fourth-order valence-electron chi connectivity index (χ4n) is 21.7. The number of para-hydroxylation sites is 2. The molecule has 0 saturated heterocycles. The van der Waals surface area contributed by atoms with Crippen LogP contribution in [-0.2, 0) is 0 Å². The molecule has 0 spiro atoms. The summed E-state index contributed by atoms with van der Waals surface area (Å²) in [5, 5.41) is 31.4. The third kappa shape index (κ3) is 15.8. The Labute approximate surface area is 842 Å². The van der Waals surface area contributed by atoms with Crippen molar-refractivity contribution < 1.29 is 0 Å². The van der Waals surface area contributed by atoms with Crippen LogP contribution in [0.15, 0.2) is 522 Å². The van der Waals surface area contributed by atoms with E-state index in [1.165, 1.54) is 152 Å². The molecule has 0 aliphatic rings. The lowest BCUT2D eigenvalue weighted by Crippen LogP contribution is -1.97. The zero-order chi connectivity index (χ0) is 96.5. The van der Waals surface area contributed by atoms with E-state index in [2.05, 4.69) is 459 Å². The van der Waals surface area contributed by atoms with E-state index >= 15 is 0 Å². The van der Waals surface area contributed by atoms with Gasteiger partial charge in [0.2, 0.25) is 0 Å². The highest BCUT2D eigenvalue weighted by molar-refractivity contribution is 6.24. The number of hydrogen-bond donors (Lipinski definition) is 0. The smallest absolute Gasteiger partial charge is 0.160 e. The van der Waals surface area contributed by atoms with E-state index in [4.69, 9.17) is 29.9 Å². The molecule has 678 valence electrons. The van der Waals surface area contributed by atoms with Gasteiger partial charge in [-0.1, -0.05) is 400 Å². The number of benzene rings is 23. The SMILES string of the molecule is c1ccc(-c2ccc(-c3nc(-c4cc5ccccc5c5ccccc45)cc(-c4cc5ccccc5c5ccccc45)n3)cc2)nc1.c1ccc2cc(-c3c4ccccc4c(-c4ccc5ccccc5c4)c4cc(-c5ccc(-c6cnc7ccccc7c6)nc5)ccc34)ccc2c1.c1ccc2ncc(-c3ccc(-c4nc(-c5cc6ccccc6c6ccccc56)cc(-c5cc6ccccc6c6ccccc56)n4)cc3)cc2c1. The van der Waals surface area contributed by atoms with Gasteiger partial charge in [0.25, 0.3) is 0 Å². The maximum atomic E-state index is 5.32. The molecule has 0 amide bonds. The van der Waals surface area contributed by atoms with E-state index in [1.54, 1.807) is 0 Å². The Morgan fingerprint density at radius 3 is 0.829 bits per heavy atom. The molecule has 8 heteroatoms. The van der Waals surface area contributed by atoms with Crippen molar-refractivity contribution in [3.05, 3.63) is 522 Å². The molecular formula is C138H86N8. The first-order chi connectivity index (χ1) is 72.3. The molecule has 0 unspecified atom stereocenters. The molecule has 146 heavy (non-hydrogen) atoms. The summed E-state index contributed by atoms with van der Waals surface area (Å²) < 4.78 is 0. The van der Waals surface area contributed by atoms with E-state index in [-0.39, 0.29) is 0 Å². The van der Waals surface area contributed by atoms with Crippen LogP contribution in [0.3, 0.4) is 0 Å². The molecule has 6 heterocycles. The molecule has 8 nitrogen and oxygen atoms in total. The van der Waals surface area contributed by atoms with Gasteiger partial charge in [-0.15, -0.1) is 0 Å². The third-order valence-electron chi connectivity index (χ3n) is 28.9. The van der Waals surface area contributed by atoms with Crippen LogP contribution in [0, 0.1) is 0 Å². The molecule has 0 aliphatic heterocycles. The van der Waals surface area contributed by atoms with Gasteiger partial charge < -0.3 is 0 Å². The van der Waals surface area contributed by atoms with Crippen LogP contribution < -0.4 is 0 Å². The average Bonchev–Trinajstić information content (AvgIpc) is 0.718. The molecule has 0 saturated carbocycles. The van der Waals surface area contributed by atoms with Gasteiger partial charge in [-0.2, -0.15) is 0 Å². The zero-order valence-corrected chi connectivity index (χ0v) is 79.2. The average molecular weight is 1860 g/mol. The first-order valence-electron chi connectivity index (χ1n) is 49.5. The lowest BCUT2D eigenvalue weighted by Gasteiger charge is -2.19. The summed E-state index contributed by atoms with van der Waals surface area (Å²) >= 11 is 0. The molecular weight excluding hydrogens is 1770 g/mol. The molecule has 29 aromatic rings. The molecule has 23 aromatic carbocycles. The topological polar surface area (TPSA) is 103 Å². The van der Waals surface area contributed by atoms with Crippen molar-refractivity contribution in [3.63, 3.8) is 0 Å². The largest absolute Gasteiger partial charge is 0.256 e. The number of fused-ring (bicyclic) bond motifs is 18. The Morgan fingerprint density at radius 2 is 0.418 bits per heavy atom. The molecule has 0 atom stereocenters. The minimum Gasteiger partial charge on any atom is -0.256 e. The lowest BCUT2D eigenvalue weighted by atomic mass is 9.84. The molecule has 0 bridgehead atoms. The lowest BCUT2D eigenvalue weighted by molar-refractivity contribution is 1.19. The molecule has 29 rings (SSSR count). The van der Waals surface area contributed by atoms with Crippen LogP contribution in [0.2, 0.25) is 0 Å². The predicted molar refractivity (Wildman–Crippen MR) is 612 cm³/mol. The maximum Gasteiger partial charge on any atom is 0.160 e. The number of hydrogen-bond acceptors (Lipinski definition) is 8. The molecule has 6 aromatic heterocycles. The Kier molecular flexibility index (Phi) is 21.5. The van der Waals surface area contributed by atoms with Gasteiger partial charge in [0.05, 0.1) is 45.2 Å². The summed E-state index contributed by atoms with van der Waals surface area (Å²) in [7, 11) is 0. The van der Waals surface area contributed by atoms with Crippen molar-refractivity contribution in [3.8, 4) is 135 Å². The maximum absolute atomic E-state index is 5.32. The Bertz CT molecular complexity index is 10000. The second-order valence-electron chi connectivity index (χ2n) is 37.5. The van der Waals surface area contributed by atoms with Crippen LogP contribution in [0.4, 0.5) is 0 Å². The number of pyridine rings is 4. The van der Waals surface area contributed by atoms with Crippen LogP contribution >= 0.6 is 0 Å². The van der Waals surface area contributed by atoms with Crippen LogP contribution in [0.1, 0.15) is 0 Å². The van der Waals surface area contributed by atoms with Crippen LogP contribution in [0.5, 0.6) is 0 Å². The second-order valence-corrected chi connectivity index (χ2v) is 37.5. The molecule has 0 radical (unpaired) electrons. The van der Waals surface area contributed by atoms with E-state index in [0.717, 1.165) is 123 Å². The highest BCUT2D eigenvalue weighted by Gasteiger charge is 2.24. The highest BCUT2D eigenvalue weighted by Crippen LogP contribution is 2.49. The molecule has 0 aliphatic carbocycles. The number of rotatable bonds is 12. The Balaban J connectivity index is 0.000000109. The van der Waals surface area contributed by atoms with Crippen LogP contribution in [-0.4, -0.2) is 39.9 Å². The van der Waals surface area contributed by atoms with E-state index < -0.39 is 0 Å². The zero-order valence-electron chi connectivity index (χ0n) is 79.2. The second kappa shape index (κ2) is 36.6. The monoisotopic (exact) mass is 1850 g/mol. The van der Waals surface area contributed by atoms with Gasteiger partial charge in [0.1, 0.15) is 0 Å². The minimum absolute atomic E-state index is 0.689. The summed E-state index contributed by atoms with van der Waals surface area (Å²) in [5.41, 5.74) is 25.1. The fraction of sp³-hybridized carbons (Fsp3) is 0. The summed E-state index contributed by atoms with van der Waals surface area (Å²) in [4.78, 5) is 40.0. The fourth-order valence-corrected chi connectivity index (χ4v) is 21.7. The summed E-state index contributed by atoms with van der Waals surface area (Å²) in [5.74, 6) is 1.38. The number of nitrogens with zero attached hydrogens (tertiary/aromatic N) is 8. The van der Waals surface area contributed by atoms with E-state index in [1.807, 2.05) is 73.3 Å². The number of aromatic nitrogens is 8. The van der Waals surface area contributed by atoms with Gasteiger partial charge in [0, 0.05) is 91.2 Å². The normalized spacial score (nSPS) is 11.6. The summed E-state index contributed by atoms with van der Waals surface area (Å²) in [6.45, 7) is 0. The quantitative estimate of drug-likeness (QED) is 0.0880. The summed E-state index contributed by atoms with van der Waals surface area (Å²) in [6, 6.07) is 177. The molecule has 0 fully saturated rings. The van der Waals surface area contributed by atoms with Gasteiger partial charge in [-0.3, -0.25) is 19.9 Å². The van der Waals surface area contributed by atoms with Crippen molar-refractivity contribution in [1.29, 1.82) is 0 Å². The van der Waals surface area contributed by atoms with E-state index in [0.29, 0.717) is 11.6 Å². The van der Waals surface area contributed by atoms with Gasteiger partial charge in [-0.25, -0.2) is 19.9 Å². The Hall–Kier alpha value is -19.5. The standard InChI is InChI=1S/C48H30N2.C47H29N3.C43H27N3/c1-3-11-33-25-37(19-17-31(33)9-1)47-41-14-6-7-15-42(41)48(38-20-18-32-10-2-4-12-34(32)26-38)44-28-35(21-23-43(44)47)39-22-24-46(49-29-39)40-27-36-13-5-8-16-45(36)50-30-40;1-4-14-36-32(11-1)26-42(40-18-8-6-16-38(36)40)45-28-46(43-27-33-12-2-5-15-37(33)39-17-7-9-19-41(39)43)50-47(49-45)31-23-21-30(22-24-31)35-25-34-13-3-10-20-44(34)48-29-35;1-3-13-32-30(11-1)25-38(36-17-7-5-15-34(32)36)41-27-42(39-26-31-12-2-4-14-33(31)35-16-6-8-18-37(35)39)46-43(45-41)29-22-20-28(21-23-29)40-19-9-10-24-44-40/h1-30H;1-29H;1-27H.